The number of rotatable bonds is 8. The summed E-state index contributed by atoms with van der Waals surface area (Å²) in [7, 11) is 2.01. The van der Waals surface area contributed by atoms with Crippen LogP contribution in [0.25, 0.3) is 0 Å². The minimum Gasteiger partial charge on any atom is -0.310 e. The normalized spacial score (nSPS) is 12.5. The maximum absolute atomic E-state index is 4.25. The fourth-order valence-electron chi connectivity index (χ4n) is 2.48. The smallest absolute Gasteiger partial charge is 0.0492 e. The highest BCUT2D eigenvalue weighted by atomic mass is 32.2. The third-order valence-electron chi connectivity index (χ3n) is 3.77. The van der Waals surface area contributed by atoms with Gasteiger partial charge in [0.1, 0.15) is 0 Å². The van der Waals surface area contributed by atoms with Crippen molar-refractivity contribution >= 4 is 11.8 Å². The second-order valence-corrected chi connectivity index (χ2v) is 6.14. The van der Waals surface area contributed by atoms with E-state index in [0.717, 1.165) is 25.8 Å². The molecule has 21 heavy (non-hydrogen) atoms. The van der Waals surface area contributed by atoms with Gasteiger partial charge >= 0.3 is 0 Å². The molecule has 114 valence electrons. The summed E-state index contributed by atoms with van der Waals surface area (Å²) in [5.74, 6) is 0. The number of thioether (sulfide) groups is 1. The first-order valence-corrected chi connectivity index (χ1v) is 8.81. The predicted octanol–water partition coefficient (Wildman–Crippen LogP) is 3.82. The zero-order chi connectivity index (χ0) is 15.1. The van der Waals surface area contributed by atoms with Crippen molar-refractivity contribution in [3.05, 3.63) is 47.8 Å². The number of nitrogens with one attached hydrogen (secondary N) is 1. The zero-order valence-electron chi connectivity index (χ0n) is 13.2. The number of aryl methyl sites for hydroxylation is 2. The molecule has 0 radical (unpaired) electrons. The number of nitrogens with zero attached hydrogens (tertiary/aromatic N) is 2. The molecule has 0 spiro atoms. The van der Waals surface area contributed by atoms with Gasteiger partial charge < -0.3 is 5.32 Å². The van der Waals surface area contributed by atoms with Gasteiger partial charge in [-0.25, -0.2) is 0 Å². The standard InChI is InChI=1S/C17H25N3S/c1-4-12-18-17(10-7-15-11-13-19-20(15)2)14-5-8-16(21-3)9-6-14/h5-6,8-9,11,13,17-18H,4,7,10,12H2,1-3H3. The minimum absolute atomic E-state index is 0.413. The van der Waals surface area contributed by atoms with Crippen molar-refractivity contribution in [2.45, 2.75) is 37.1 Å². The summed E-state index contributed by atoms with van der Waals surface area (Å²) in [4.78, 5) is 1.32. The number of hydrogen-bond donors (Lipinski definition) is 1. The van der Waals surface area contributed by atoms with Crippen LogP contribution in [0.2, 0.25) is 0 Å². The van der Waals surface area contributed by atoms with Gasteiger partial charge in [-0.3, -0.25) is 4.68 Å². The molecule has 0 saturated heterocycles. The fourth-order valence-corrected chi connectivity index (χ4v) is 2.89. The summed E-state index contributed by atoms with van der Waals surface area (Å²) in [6.07, 6.45) is 7.28. The summed E-state index contributed by atoms with van der Waals surface area (Å²) >= 11 is 1.79. The van der Waals surface area contributed by atoms with Crippen molar-refractivity contribution in [1.29, 1.82) is 0 Å². The largest absolute Gasteiger partial charge is 0.310 e. The molecular weight excluding hydrogens is 278 g/mol. The maximum atomic E-state index is 4.25. The van der Waals surface area contributed by atoms with Crippen molar-refractivity contribution in [2.24, 2.45) is 7.05 Å². The molecule has 0 amide bonds. The third kappa shape index (κ3) is 4.61. The summed E-state index contributed by atoms with van der Waals surface area (Å²) < 4.78 is 1.97. The molecule has 1 aromatic heterocycles. The average Bonchev–Trinajstić information content (AvgIpc) is 2.93. The lowest BCUT2D eigenvalue weighted by Gasteiger charge is -2.19. The summed E-state index contributed by atoms with van der Waals surface area (Å²) in [6.45, 7) is 3.27. The Hall–Kier alpha value is -1.26. The van der Waals surface area contributed by atoms with Crippen LogP contribution in [0.5, 0.6) is 0 Å². The molecule has 0 fully saturated rings. The molecule has 1 atom stereocenters. The molecule has 2 aromatic rings. The van der Waals surface area contributed by atoms with E-state index in [2.05, 4.69) is 53.9 Å². The first-order chi connectivity index (χ1) is 10.2. The highest BCUT2D eigenvalue weighted by Gasteiger charge is 2.12. The molecule has 4 heteroatoms. The Bertz CT molecular complexity index is 533. The van der Waals surface area contributed by atoms with Crippen molar-refractivity contribution in [2.75, 3.05) is 12.8 Å². The molecule has 1 aromatic carbocycles. The Labute approximate surface area is 132 Å². The molecule has 0 bridgehead atoms. The number of benzene rings is 1. The Morgan fingerprint density at radius 3 is 2.57 bits per heavy atom. The van der Waals surface area contributed by atoms with Gasteiger partial charge in [0.25, 0.3) is 0 Å². The van der Waals surface area contributed by atoms with Crippen LogP contribution in [0.15, 0.2) is 41.4 Å². The Morgan fingerprint density at radius 1 is 1.24 bits per heavy atom. The van der Waals surface area contributed by atoms with Crippen LogP contribution in [-0.4, -0.2) is 22.6 Å². The van der Waals surface area contributed by atoms with Crippen LogP contribution in [0, 0.1) is 0 Å². The van der Waals surface area contributed by atoms with Crippen LogP contribution >= 0.6 is 11.8 Å². The lowest BCUT2D eigenvalue weighted by molar-refractivity contribution is 0.491. The van der Waals surface area contributed by atoms with Crippen molar-refractivity contribution in [3.63, 3.8) is 0 Å². The molecule has 0 aliphatic rings. The third-order valence-corrected chi connectivity index (χ3v) is 4.51. The number of aromatic nitrogens is 2. The second kappa shape index (κ2) is 8.25. The van der Waals surface area contributed by atoms with Crippen LogP contribution in [-0.2, 0) is 13.5 Å². The van der Waals surface area contributed by atoms with Gasteiger partial charge in [0.05, 0.1) is 0 Å². The predicted molar refractivity (Wildman–Crippen MR) is 90.8 cm³/mol. The van der Waals surface area contributed by atoms with E-state index in [1.165, 1.54) is 16.2 Å². The van der Waals surface area contributed by atoms with Crippen LogP contribution in [0.4, 0.5) is 0 Å². The molecule has 0 aliphatic carbocycles. The van der Waals surface area contributed by atoms with E-state index in [4.69, 9.17) is 0 Å². The van der Waals surface area contributed by atoms with Crippen molar-refractivity contribution in [3.8, 4) is 0 Å². The van der Waals surface area contributed by atoms with E-state index < -0.39 is 0 Å². The minimum atomic E-state index is 0.413. The lowest BCUT2D eigenvalue weighted by atomic mass is 10.0. The van der Waals surface area contributed by atoms with E-state index in [9.17, 15) is 0 Å². The first-order valence-electron chi connectivity index (χ1n) is 7.58. The first kappa shape index (κ1) is 16.1. The maximum Gasteiger partial charge on any atom is 0.0492 e. The fraction of sp³-hybridized carbons (Fsp3) is 0.471. The van der Waals surface area contributed by atoms with Gasteiger partial charge in [0.15, 0.2) is 0 Å². The van der Waals surface area contributed by atoms with E-state index in [1.807, 2.05) is 17.9 Å². The molecule has 1 heterocycles. The highest BCUT2D eigenvalue weighted by molar-refractivity contribution is 7.98. The topological polar surface area (TPSA) is 29.9 Å². The Kier molecular flexibility index (Phi) is 6.33. The van der Waals surface area contributed by atoms with Crippen molar-refractivity contribution in [1.82, 2.24) is 15.1 Å². The summed E-state index contributed by atoms with van der Waals surface area (Å²) in [5, 5.41) is 7.91. The highest BCUT2D eigenvalue weighted by Crippen LogP contribution is 2.22. The lowest BCUT2D eigenvalue weighted by Crippen LogP contribution is -2.23. The SMILES string of the molecule is CCCNC(CCc1ccnn1C)c1ccc(SC)cc1. The van der Waals surface area contributed by atoms with Gasteiger partial charge in [0, 0.05) is 29.9 Å². The molecule has 0 aliphatic heterocycles. The van der Waals surface area contributed by atoms with Crippen LogP contribution in [0.3, 0.4) is 0 Å². The van der Waals surface area contributed by atoms with Gasteiger partial charge in [-0.05, 0) is 55.8 Å². The van der Waals surface area contributed by atoms with Gasteiger partial charge in [-0.1, -0.05) is 19.1 Å². The van der Waals surface area contributed by atoms with E-state index in [1.54, 1.807) is 11.8 Å². The van der Waals surface area contributed by atoms with Gasteiger partial charge in [0.2, 0.25) is 0 Å². The van der Waals surface area contributed by atoms with Gasteiger partial charge in [-0.15, -0.1) is 11.8 Å². The molecule has 1 N–H and O–H groups in total. The Balaban J connectivity index is 2.04. The Morgan fingerprint density at radius 2 is 2.00 bits per heavy atom. The van der Waals surface area contributed by atoms with E-state index in [-0.39, 0.29) is 0 Å². The summed E-state index contributed by atoms with van der Waals surface area (Å²) in [5.41, 5.74) is 2.67. The van der Waals surface area contributed by atoms with Crippen LogP contribution in [0.1, 0.15) is 37.1 Å². The summed E-state index contributed by atoms with van der Waals surface area (Å²) in [6, 6.07) is 11.4. The molecular formula is C17H25N3S. The van der Waals surface area contributed by atoms with E-state index >= 15 is 0 Å². The monoisotopic (exact) mass is 303 g/mol. The molecule has 1 unspecified atom stereocenters. The quantitative estimate of drug-likeness (QED) is 0.752. The molecule has 2 rings (SSSR count). The van der Waals surface area contributed by atoms with Crippen molar-refractivity contribution < 1.29 is 0 Å². The average molecular weight is 303 g/mol. The molecule has 3 nitrogen and oxygen atoms in total. The van der Waals surface area contributed by atoms with E-state index in [0.29, 0.717) is 6.04 Å². The zero-order valence-corrected chi connectivity index (χ0v) is 14.0. The van der Waals surface area contributed by atoms with Crippen LogP contribution < -0.4 is 5.32 Å². The van der Waals surface area contributed by atoms with Gasteiger partial charge in [-0.2, -0.15) is 5.10 Å². The molecule has 0 saturated carbocycles. The number of hydrogen-bond acceptors (Lipinski definition) is 3. The second-order valence-electron chi connectivity index (χ2n) is 5.26.